The predicted octanol–water partition coefficient (Wildman–Crippen LogP) is 6.64. The van der Waals surface area contributed by atoms with Crippen molar-refractivity contribution < 1.29 is 0 Å². The first-order valence-electron chi connectivity index (χ1n) is 9.67. The molecule has 0 amide bonds. The van der Waals surface area contributed by atoms with Gasteiger partial charge in [0.25, 0.3) is 0 Å². The van der Waals surface area contributed by atoms with Crippen molar-refractivity contribution >= 4 is 43.5 Å². The highest BCUT2D eigenvalue weighted by Gasteiger charge is 2.19. The molecule has 0 spiro atoms. The summed E-state index contributed by atoms with van der Waals surface area (Å²) in [7, 11) is 4.31. The molecule has 2 heteroatoms. The third-order valence-corrected chi connectivity index (χ3v) is 6.09. The predicted molar refractivity (Wildman–Crippen MR) is 120 cm³/mol. The second kappa shape index (κ2) is 5.49. The molecule has 0 saturated heterocycles. The van der Waals surface area contributed by atoms with Gasteiger partial charge in [0.2, 0.25) is 0 Å². The molecule has 0 unspecified atom stereocenters. The summed E-state index contributed by atoms with van der Waals surface area (Å²) >= 11 is 0. The van der Waals surface area contributed by atoms with E-state index in [0.29, 0.717) is 0 Å². The number of aromatic nitrogens is 2. The van der Waals surface area contributed by atoms with Crippen molar-refractivity contribution in [3.05, 3.63) is 85.1 Å². The summed E-state index contributed by atoms with van der Waals surface area (Å²) in [4.78, 5) is 0. The molecule has 6 aromatic rings. The molecular weight excluding hydrogens is 340 g/mol. The van der Waals surface area contributed by atoms with Crippen molar-refractivity contribution in [1.82, 2.24) is 9.13 Å². The number of nitrogens with zero attached hydrogens (tertiary/aromatic N) is 2. The van der Waals surface area contributed by atoms with Crippen LogP contribution in [-0.2, 0) is 14.1 Å². The SMILES string of the molecule is Cn1cc(-c2c3ccccc3cc3c2c2ccccc2n3C)c2ccccc21. The molecule has 0 saturated carbocycles. The molecule has 0 aliphatic carbocycles. The summed E-state index contributed by atoms with van der Waals surface area (Å²) < 4.78 is 4.56. The summed E-state index contributed by atoms with van der Waals surface area (Å²) in [6, 6.07) is 28.5. The van der Waals surface area contributed by atoms with E-state index < -0.39 is 0 Å². The Morgan fingerprint density at radius 1 is 0.607 bits per heavy atom. The lowest BCUT2D eigenvalue weighted by Crippen LogP contribution is -1.88. The molecule has 2 heterocycles. The van der Waals surface area contributed by atoms with Crippen molar-refractivity contribution in [1.29, 1.82) is 0 Å². The lowest BCUT2D eigenvalue weighted by atomic mass is 9.93. The van der Waals surface area contributed by atoms with E-state index in [9.17, 15) is 0 Å². The molecule has 4 aromatic carbocycles. The Labute approximate surface area is 163 Å². The van der Waals surface area contributed by atoms with Gasteiger partial charge in [0.15, 0.2) is 0 Å². The Hall–Kier alpha value is -3.52. The molecule has 0 fully saturated rings. The maximum Gasteiger partial charge on any atom is 0.0501 e. The van der Waals surface area contributed by atoms with E-state index in [1.807, 2.05) is 0 Å². The molecular formula is C26H20N2. The molecule has 0 bridgehead atoms. The summed E-state index contributed by atoms with van der Waals surface area (Å²) in [6.45, 7) is 0. The van der Waals surface area contributed by atoms with Gasteiger partial charge < -0.3 is 9.13 Å². The van der Waals surface area contributed by atoms with Crippen LogP contribution in [0.1, 0.15) is 0 Å². The first kappa shape index (κ1) is 15.5. The van der Waals surface area contributed by atoms with Gasteiger partial charge in [-0.25, -0.2) is 0 Å². The minimum absolute atomic E-state index is 1.26. The van der Waals surface area contributed by atoms with Crippen molar-refractivity contribution in [3.63, 3.8) is 0 Å². The summed E-state index contributed by atoms with van der Waals surface area (Å²) in [5.41, 5.74) is 6.45. The van der Waals surface area contributed by atoms with Gasteiger partial charge in [0, 0.05) is 58.6 Å². The minimum atomic E-state index is 1.26. The highest BCUT2D eigenvalue weighted by Crippen LogP contribution is 2.43. The maximum atomic E-state index is 2.33. The van der Waals surface area contributed by atoms with Crippen LogP contribution in [0.4, 0.5) is 0 Å². The van der Waals surface area contributed by atoms with E-state index >= 15 is 0 Å². The Morgan fingerprint density at radius 2 is 1.25 bits per heavy atom. The maximum absolute atomic E-state index is 2.33. The van der Waals surface area contributed by atoms with Crippen LogP contribution in [0.15, 0.2) is 85.1 Å². The number of hydrogen-bond acceptors (Lipinski definition) is 0. The third-order valence-electron chi connectivity index (χ3n) is 6.09. The fourth-order valence-corrected chi connectivity index (χ4v) is 4.80. The minimum Gasteiger partial charge on any atom is -0.350 e. The average molecular weight is 360 g/mol. The summed E-state index contributed by atoms with van der Waals surface area (Å²) in [5.74, 6) is 0. The third kappa shape index (κ3) is 1.92. The van der Waals surface area contributed by atoms with E-state index in [1.165, 1.54) is 54.6 Å². The van der Waals surface area contributed by atoms with Gasteiger partial charge in [-0.15, -0.1) is 0 Å². The Kier molecular flexibility index (Phi) is 3.05. The van der Waals surface area contributed by atoms with Gasteiger partial charge in [0.05, 0.1) is 5.52 Å². The number of hydrogen-bond donors (Lipinski definition) is 0. The van der Waals surface area contributed by atoms with Crippen molar-refractivity contribution in [2.45, 2.75) is 0 Å². The average Bonchev–Trinajstić information content (AvgIpc) is 3.22. The smallest absolute Gasteiger partial charge is 0.0501 e. The molecule has 0 radical (unpaired) electrons. The van der Waals surface area contributed by atoms with Crippen LogP contribution in [0.2, 0.25) is 0 Å². The number of fused-ring (bicyclic) bond motifs is 5. The molecule has 0 aliphatic heterocycles. The van der Waals surface area contributed by atoms with Gasteiger partial charge in [0.1, 0.15) is 0 Å². The highest BCUT2D eigenvalue weighted by molar-refractivity contribution is 6.24. The van der Waals surface area contributed by atoms with Gasteiger partial charge in [-0.1, -0.05) is 60.7 Å². The standard InChI is InChI=1S/C26H20N2/c1-27-16-21(19-11-5-7-13-22(19)27)25-18-10-4-3-9-17(18)15-24-26(25)20-12-6-8-14-23(20)28(24)2/h3-16H,1-2H3. The van der Waals surface area contributed by atoms with E-state index in [4.69, 9.17) is 0 Å². The van der Waals surface area contributed by atoms with Crippen LogP contribution in [0.5, 0.6) is 0 Å². The zero-order valence-electron chi connectivity index (χ0n) is 16.0. The quantitative estimate of drug-likeness (QED) is 0.311. The number of rotatable bonds is 1. The van der Waals surface area contributed by atoms with Crippen LogP contribution in [-0.4, -0.2) is 9.13 Å². The van der Waals surface area contributed by atoms with Crippen LogP contribution >= 0.6 is 0 Å². The summed E-state index contributed by atoms with van der Waals surface area (Å²) in [6.07, 6.45) is 2.29. The van der Waals surface area contributed by atoms with Crippen molar-refractivity contribution in [3.8, 4) is 11.1 Å². The topological polar surface area (TPSA) is 9.86 Å². The lowest BCUT2D eigenvalue weighted by Gasteiger charge is -2.10. The molecule has 28 heavy (non-hydrogen) atoms. The lowest BCUT2D eigenvalue weighted by molar-refractivity contribution is 0.970. The van der Waals surface area contributed by atoms with Gasteiger partial charge in [-0.2, -0.15) is 0 Å². The van der Waals surface area contributed by atoms with Crippen LogP contribution in [0, 0.1) is 0 Å². The molecule has 0 N–H and O–H groups in total. The monoisotopic (exact) mass is 360 g/mol. The Balaban J connectivity index is 1.93. The second-order valence-electron chi connectivity index (χ2n) is 7.61. The fraction of sp³-hybridized carbons (Fsp3) is 0.0769. The Morgan fingerprint density at radius 3 is 2.07 bits per heavy atom. The van der Waals surface area contributed by atoms with Crippen LogP contribution in [0.25, 0.3) is 54.6 Å². The number of benzene rings is 4. The zero-order chi connectivity index (χ0) is 18.8. The Bertz CT molecular complexity index is 1530. The molecule has 6 rings (SSSR count). The molecule has 2 aromatic heterocycles. The highest BCUT2D eigenvalue weighted by atomic mass is 14.9. The van der Waals surface area contributed by atoms with E-state index in [1.54, 1.807) is 0 Å². The molecule has 2 nitrogen and oxygen atoms in total. The molecule has 134 valence electrons. The number of para-hydroxylation sites is 2. The normalized spacial score (nSPS) is 11.9. The molecule has 0 aliphatic rings. The fourth-order valence-electron chi connectivity index (χ4n) is 4.80. The second-order valence-corrected chi connectivity index (χ2v) is 7.61. The molecule has 0 atom stereocenters. The first-order valence-corrected chi connectivity index (χ1v) is 9.67. The number of aryl methyl sites for hydroxylation is 2. The van der Waals surface area contributed by atoms with E-state index in [0.717, 1.165) is 0 Å². The van der Waals surface area contributed by atoms with Gasteiger partial charge in [-0.05, 0) is 29.0 Å². The van der Waals surface area contributed by atoms with E-state index in [-0.39, 0.29) is 0 Å². The van der Waals surface area contributed by atoms with Crippen molar-refractivity contribution in [2.24, 2.45) is 14.1 Å². The first-order chi connectivity index (χ1) is 13.7. The van der Waals surface area contributed by atoms with Gasteiger partial charge >= 0.3 is 0 Å². The van der Waals surface area contributed by atoms with Gasteiger partial charge in [-0.3, -0.25) is 0 Å². The van der Waals surface area contributed by atoms with Crippen LogP contribution in [0.3, 0.4) is 0 Å². The van der Waals surface area contributed by atoms with E-state index in [2.05, 4.69) is 108 Å². The summed E-state index contributed by atoms with van der Waals surface area (Å²) in [5, 5.41) is 6.55. The largest absolute Gasteiger partial charge is 0.350 e. The zero-order valence-corrected chi connectivity index (χ0v) is 16.0. The van der Waals surface area contributed by atoms with Crippen molar-refractivity contribution in [2.75, 3.05) is 0 Å². The van der Waals surface area contributed by atoms with Crippen LogP contribution < -0.4 is 0 Å².